The molecule has 0 radical (unpaired) electrons. The van der Waals surface area contributed by atoms with Crippen LogP contribution < -0.4 is 10.1 Å². The molecule has 4 rings (SSSR count). The zero-order valence-electron chi connectivity index (χ0n) is 24.9. The summed E-state index contributed by atoms with van der Waals surface area (Å²) in [5, 5.41) is 23.1. The zero-order valence-corrected chi connectivity index (χ0v) is 26.5. The van der Waals surface area contributed by atoms with Crippen molar-refractivity contribution in [2.45, 2.75) is 64.5 Å². The Bertz CT molecular complexity index is 1410. The highest BCUT2D eigenvalue weighted by Crippen LogP contribution is 2.37. The normalized spacial score (nSPS) is 18.1. The largest absolute Gasteiger partial charge is 0.492 e. The first-order chi connectivity index (χ1) is 20.2. The van der Waals surface area contributed by atoms with Crippen molar-refractivity contribution in [3.8, 4) is 28.1 Å². The van der Waals surface area contributed by atoms with Gasteiger partial charge in [0.1, 0.15) is 17.0 Å². The number of halogens is 2. The number of aliphatic hydroxyl groups is 1. The van der Waals surface area contributed by atoms with Crippen molar-refractivity contribution >= 4 is 35.9 Å². The van der Waals surface area contributed by atoms with Gasteiger partial charge in [-0.3, -0.25) is 4.79 Å². The summed E-state index contributed by atoms with van der Waals surface area (Å²) in [6, 6.07) is 16.8. The molecule has 0 spiro atoms. The van der Waals surface area contributed by atoms with E-state index in [0.717, 1.165) is 48.3 Å². The molecule has 0 bridgehead atoms. The van der Waals surface area contributed by atoms with Crippen molar-refractivity contribution in [3.63, 3.8) is 0 Å². The molecule has 2 aromatic carbocycles. The van der Waals surface area contributed by atoms with Crippen molar-refractivity contribution in [3.05, 3.63) is 70.9 Å². The number of carboxylic acids is 1. The number of aromatic nitrogens is 1. The number of carbonyl (C=O) groups is 2. The van der Waals surface area contributed by atoms with Gasteiger partial charge in [0.05, 0.1) is 23.4 Å². The van der Waals surface area contributed by atoms with Crippen LogP contribution in [0.3, 0.4) is 0 Å². The topological polar surface area (TPSA) is 112 Å². The van der Waals surface area contributed by atoms with Crippen LogP contribution in [0.5, 0.6) is 5.75 Å². The molecule has 3 aromatic rings. The highest BCUT2D eigenvalue weighted by molar-refractivity contribution is 6.32. The maximum absolute atomic E-state index is 13.5. The Kier molecular flexibility index (Phi) is 12.4. The average molecular weight is 631 g/mol. The number of nitrogens with one attached hydrogen (secondary N) is 1. The third-order valence-corrected chi connectivity index (χ3v) is 8.42. The number of ether oxygens (including phenoxy) is 1. The van der Waals surface area contributed by atoms with E-state index in [-0.39, 0.29) is 30.9 Å². The van der Waals surface area contributed by atoms with E-state index in [0.29, 0.717) is 35.9 Å². The lowest BCUT2D eigenvalue weighted by molar-refractivity contribution is -0.146. The second kappa shape index (κ2) is 15.5. The maximum atomic E-state index is 13.5. The number of aliphatic carboxylic acids is 1. The first-order valence-corrected chi connectivity index (χ1v) is 15.0. The highest BCUT2D eigenvalue weighted by Gasteiger charge is 2.43. The molecule has 0 unspecified atom stereocenters. The van der Waals surface area contributed by atoms with Crippen LogP contribution in [0.2, 0.25) is 5.02 Å². The molecule has 1 aliphatic carbocycles. The molecule has 0 saturated heterocycles. The SMILES string of the molecule is CCN(CC)CCCOc1cc(-c2nc(C(=O)N[C@]3(C(=O)O)CC[C@@H](O)CC3)ccc2-c2ccccc2C)ccc1Cl.Cl. The lowest BCUT2D eigenvalue weighted by atomic mass is 9.80. The standard InChI is InChI=1S/C33H40ClN3O5.ClH/c1-4-37(5-2)19-8-20-42-29-21-23(11-13-27(29)34)30-26(25-10-7-6-9-22(25)3)12-14-28(35-30)31(39)36-33(32(40)41)17-15-24(38)16-18-33;/h6-7,9-14,21,24,38H,4-5,8,15-20H2,1-3H3,(H,36,39)(H,40,41);1H/t24-,33-;. The van der Waals surface area contributed by atoms with Gasteiger partial charge in [-0.1, -0.05) is 55.8 Å². The number of carbonyl (C=O) groups excluding carboxylic acids is 1. The molecular formula is C33H41Cl2N3O5. The fourth-order valence-corrected chi connectivity index (χ4v) is 5.61. The smallest absolute Gasteiger partial charge is 0.329 e. The van der Waals surface area contributed by atoms with Gasteiger partial charge in [0.25, 0.3) is 5.91 Å². The lowest BCUT2D eigenvalue weighted by Crippen LogP contribution is -2.57. The van der Waals surface area contributed by atoms with Crippen LogP contribution in [-0.4, -0.2) is 69.9 Å². The van der Waals surface area contributed by atoms with Gasteiger partial charge in [-0.25, -0.2) is 9.78 Å². The summed E-state index contributed by atoms with van der Waals surface area (Å²) < 4.78 is 6.08. The van der Waals surface area contributed by atoms with Crippen molar-refractivity contribution in [1.29, 1.82) is 0 Å². The maximum Gasteiger partial charge on any atom is 0.329 e. The van der Waals surface area contributed by atoms with Crippen molar-refractivity contribution in [2.24, 2.45) is 0 Å². The second-order valence-corrected chi connectivity index (χ2v) is 11.3. The van der Waals surface area contributed by atoms with Crippen molar-refractivity contribution < 1.29 is 24.5 Å². The van der Waals surface area contributed by atoms with E-state index in [1.807, 2.05) is 49.4 Å². The number of rotatable bonds is 12. The number of carboxylic acid groups (broad SMARTS) is 1. The molecule has 1 amide bonds. The van der Waals surface area contributed by atoms with E-state index in [9.17, 15) is 19.8 Å². The minimum Gasteiger partial charge on any atom is -0.492 e. The number of amides is 1. The van der Waals surface area contributed by atoms with E-state index in [1.54, 1.807) is 12.1 Å². The Balaban J connectivity index is 0.00000506. The van der Waals surface area contributed by atoms with Crippen LogP contribution in [0.4, 0.5) is 0 Å². The Morgan fingerprint density at radius 1 is 1.07 bits per heavy atom. The summed E-state index contributed by atoms with van der Waals surface area (Å²) in [4.78, 5) is 32.8. The molecule has 1 saturated carbocycles. The van der Waals surface area contributed by atoms with Gasteiger partial charge in [-0.2, -0.15) is 0 Å². The van der Waals surface area contributed by atoms with Crippen molar-refractivity contribution in [2.75, 3.05) is 26.2 Å². The second-order valence-electron chi connectivity index (χ2n) is 10.9. The summed E-state index contributed by atoms with van der Waals surface area (Å²) in [5.74, 6) is -1.15. The first-order valence-electron chi connectivity index (χ1n) is 14.6. The van der Waals surface area contributed by atoms with Gasteiger partial charge < -0.3 is 25.2 Å². The van der Waals surface area contributed by atoms with Gasteiger partial charge >= 0.3 is 5.97 Å². The molecule has 43 heavy (non-hydrogen) atoms. The average Bonchev–Trinajstić information content (AvgIpc) is 2.99. The predicted octanol–water partition coefficient (Wildman–Crippen LogP) is 6.40. The summed E-state index contributed by atoms with van der Waals surface area (Å²) in [7, 11) is 0. The molecular weight excluding hydrogens is 589 g/mol. The molecule has 1 aromatic heterocycles. The summed E-state index contributed by atoms with van der Waals surface area (Å²) in [6.07, 6.45) is 1.20. The number of pyridine rings is 1. The zero-order chi connectivity index (χ0) is 30.3. The van der Waals surface area contributed by atoms with E-state index in [1.165, 1.54) is 0 Å². The first kappa shape index (κ1) is 34.3. The Morgan fingerprint density at radius 2 is 1.77 bits per heavy atom. The van der Waals surface area contributed by atoms with Crippen LogP contribution >= 0.6 is 24.0 Å². The quantitative estimate of drug-likeness (QED) is 0.199. The number of aliphatic hydroxyl groups excluding tert-OH is 1. The number of hydrogen-bond donors (Lipinski definition) is 3. The number of benzene rings is 2. The van der Waals surface area contributed by atoms with Crippen LogP contribution in [0.1, 0.15) is 62.0 Å². The van der Waals surface area contributed by atoms with Crippen LogP contribution in [-0.2, 0) is 4.79 Å². The highest BCUT2D eigenvalue weighted by atomic mass is 35.5. The van der Waals surface area contributed by atoms with Crippen LogP contribution in [0, 0.1) is 6.92 Å². The van der Waals surface area contributed by atoms with Crippen molar-refractivity contribution in [1.82, 2.24) is 15.2 Å². The predicted molar refractivity (Wildman–Crippen MR) is 172 cm³/mol. The number of hydrogen-bond acceptors (Lipinski definition) is 6. The number of nitrogens with zero attached hydrogens (tertiary/aromatic N) is 2. The van der Waals surface area contributed by atoms with E-state index in [2.05, 4.69) is 24.1 Å². The minimum absolute atomic E-state index is 0. The summed E-state index contributed by atoms with van der Waals surface area (Å²) in [5.41, 5.74) is 2.78. The lowest BCUT2D eigenvalue weighted by Gasteiger charge is -2.35. The molecule has 1 heterocycles. The van der Waals surface area contributed by atoms with Gasteiger partial charge in [-0.05, 0) is 87.5 Å². The van der Waals surface area contributed by atoms with Gasteiger partial charge in [0, 0.05) is 17.7 Å². The molecule has 1 aliphatic rings. The number of aryl methyl sites for hydroxylation is 1. The van der Waals surface area contributed by atoms with Crippen LogP contribution in [0.25, 0.3) is 22.4 Å². The monoisotopic (exact) mass is 629 g/mol. The molecule has 0 atom stereocenters. The molecule has 1 fully saturated rings. The van der Waals surface area contributed by atoms with Gasteiger partial charge in [0.15, 0.2) is 0 Å². The van der Waals surface area contributed by atoms with Gasteiger partial charge in [0.2, 0.25) is 0 Å². The Hall–Kier alpha value is -3.17. The fourth-order valence-electron chi connectivity index (χ4n) is 5.44. The van der Waals surface area contributed by atoms with Crippen LogP contribution in [0.15, 0.2) is 54.6 Å². The third-order valence-electron chi connectivity index (χ3n) is 8.11. The molecule has 232 valence electrons. The molecule has 8 nitrogen and oxygen atoms in total. The van der Waals surface area contributed by atoms with E-state index < -0.39 is 23.5 Å². The Labute approximate surface area is 264 Å². The molecule has 10 heteroatoms. The third kappa shape index (κ3) is 8.26. The van der Waals surface area contributed by atoms with Gasteiger partial charge in [-0.15, -0.1) is 12.4 Å². The summed E-state index contributed by atoms with van der Waals surface area (Å²) in [6.45, 7) is 9.70. The minimum atomic E-state index is -1.45. The summed E-state index contributed by atoms with van der Waals surface area (Å²) >= 11 is 6.51. The molecule has 0 aliphatic heterocycles. The fraction of sp³-hybridized carbons (Fsp3) is 0.424. The van der Waals surface area contributed by atoms with E-state index >= 15 is 0 Å². The van der Waals surface area contributed by atoms with E-state index in [4.69, 9.17) is 21.3 Å². The molecule has 3 N–H and O–H groups in total. The Morgan fingerprint density at radius 3 is 2.42 bits per heavy atom.